The number of anilines is 1. The quantitative estimate of drug-likeness (QED) is 0.439. The van der Waals surface area contributed by atoms with Crippen molar-refractivity contribution in [3.8, 4) is 0 Å². The molecule has 2 N–H and O–H groups in total. The normalized spacial score (nSPS) is 9.85. The molecule has 0 saturated carbocycles. The van der Waals surface area contributed by atoms with Crippen molar-refractivity contribution in [2.45, 2.75) is 6.92 Å². The van der Waals surface area contributed by atoms with E-state index in [1.54, 1.807) is 5.01 Å². The van der Waals surface area contributed by atoms with Gasteiger partial charge in [-0.2, -0.15) is 0 Å². The number of benzene rings is 1. The van der Waals surface area contributed by atoms with Gasteiger partial charge in [-0.15, -0.1) is 9.24 Å². The van der Waals surface area contributed by atoms with Gasteiger partial charge in [-0.25, -0.2) is 5.84 Å². The fraction of sp³-hybridized carbons (Fsp3) is 0.200. The summed E-state index contributed by atoms with van der Waals surface area (Å²) in [5.74, 6) is 5.67. The van der Waals surface area contributed by atoms with Crippen LogP contribution in [0.5, 0.6) is 0 Å². The fourth-order valence-electron chi connectivity index (χ4n) is 1.23. The van der Waals surface area contributed by atoms with Crippen LogP contribution in [0.1, 0.15) is 12.5 Å². The molecule has 1 atom stereocenters. The Labute approximate surface area is 81.6 Å². The van der Waals surface area contributed by atoms with Crippen molar-refractivity contribution in [3.05, 3.63) is 30.3 Å². The summed E-state index contributed by atoms with van der Waals surface area (Å²) in [6, 6.07) is 6.00. The summed E-state index contributed by atoms with van der Waals surface area (Å²) in [6.45, 7) is 5.90. The summed E-state index contributed by atoms with van der Waals surface area (Å²) >= 11 is 0. The molecule has 0 amide bonds. The van der Waals surface area contributed by atoms with Crippen LogP contribution in [-0.2, 0) is 0 Å². The molecule has 1 aromatic carbocycles. The van der Waals surface area contributed by atoms with Crippen LogP contribution in [0.3, 0.4) is 0 Å². The zero-order chi connectivity index (χ0) is 10.0. The minimum absolute atomic E-state index is 1.01. The smallest absolute Gasteiger partial charge is 0.0591 e. The molecule has 0 spiro atoms. The average Bonchev–Trinajstić information content (AvgIpc) is 2.03. The lowest BCUT2D eigenvalue weighted by atomic mass is 10.1. The Bertz CT molecular complexity index is 332. The number of nitrogens with two attached hydrogens (primary N) is 1. The molecule has 0 aliphatic rings. The van der Waals surface area contributed by atoms with E-state index >= 15 is 0 Å². The molecule has 1 unspecified atom stereocenters. The van der Waals surface area contributed by atoms with Gasteiger partial charge in [-0.05, 0) is 18.6 Å². The SMILES string of the molecule is C=C(C)c1cccc(N(C)N)c1P. The van der Waals surface area contributed by atoms with Crippen LogP contribution < -0.4 is 16.2 Å². The minimum Gasteiger partial charge on any atom is -0.313 e. The first-order valence-electron chi connectivity index (χ1n) is 4.07. The molecule has 3 heteroatoms. The molecule has 1 aromatic rings. The third kappa shape index (κ3) is 2.09. The van der Waals surface area contributed by atoms with E-state index < -0.39 is 0 Å². The molecule has 0 heterocycles. The van der Waals surface area contributed by atoms with Crippen LogP contribution >= 0.6 is 9.24 Å². The monoisotopic (exact) mass is 194 g/mol. The average molecular weight is 194 g/mol. The van der Waals surface area contributed by atoms with Gasteiger partial charge < -0.3 is 5.01 Å². The summed E-state index contributed by atoms with van der Waals surface area (Å²) in [5, 5.41) is 2.70. The lowest BCUT2D eigenvalue weighted by Crippen LogP contribution is -2.29. The Morgan fingerprint density at radius 2 is 2.15 bits per heavy atom. The summed E-state index contributed by atoms with van der Waals surface area (Å²) in [7, 11) is 4.52. The summed E-state index contributed by atoms with van der Waals surface area (Å²) in [5.41, 5.74) is 3.19. The van der Waals surface area contributed by atoms with Gasteiger partial charge in [0, 0.05) is 12.4 Å². The third-order valence-corrected chi connectivity index (χ3v) is 2.53. The summed E-state index contributed by atoms with van der Waals surface area (Å²) in [4.78, 5) is 0. The zero-order valence-electron chi connectivity index (χ0n) is 8.04. The molecule has 0 radical (unpaired) electrons. The van der Waals surface area contributed by atoms with E-state index in [1.165, 1.54) is 0 Å². The lowest BCUT2D eigenvalue weighted by Gasteiger charge is -2.17. The van der Waals surface area contributed by atoms with Gasteiger partial charge in [0.2, 0.25) is 0 Å². The molecule has 0 saturated heterocycles. The van der Waals surface area contributed by atoms with E-state index in [2.05, 4.69) is 15.8 Å². The van der Waals surface area contributed by atoms with Gasteiger partial charge in [0.1, 0.15) is 0 Å². The first-order valence-corrected chi connectivity index (χ1v) is 4.64. The lowest BCUT2D eigenvalue weighted by molar-refractivity contribution is 1.02. The second kappa shape index (κ2) is 3.91. The first kappa shape index (κ1) is 10.2. The Kier molecular flexibility index (Phi) is 3.07. The van der Waals surface area contributed by atoms with Crippen molar-refractivity contribution < 1.29 is 0 Å². The zero-order valence-corrected chi connectivity index (χ0v) is 9.20. The van der Waals surface area contributed by atoms with Crippen molar-refractivity contribution in [2.24, 2.45) is 5.84 Å². The van der Waals surface area contributed by atoms with Gasteiger partial charge in [0.05, 0.1) is 5.69 Å². The maximum absolute atomic E-state index is 5.67. The predicted molar refractivity (Wildman–Crippen MR) is 63.1 cm³/mol. The van der Waals surface area contributed by atoms with Gasteiger partial charge in [0.25, 0.3) is 0 Å². The molecule has 0 aromatic heterocycles. The predicted octanol–water partition coefficient (Wildman–Crippen LogP) is 1.53. The highest BCUT2D eigenvalue weighted by Crippen LogP contribution is 2.18. The van der Waals surface area contributed by atoms with E-state index in [4.69, 9.17) is 5.84 Å². The molecule has 0 aliphatic heterocycles. The molecular weight excluding hydrogens is 179 g/mol. The topological polar surface area (TPSA) is 29.3 Å². The third-order valence-electron chi connectivity index (χ3n) is 1.92. The van der Waals surface area contributed by atoms with Crippen molar-refractivity contribution in [1.29, 1.82) is 0 Å². The molecule has 2 nitrogen and oxygen atoms in total. The van der Waals surface area contributed by atoms with Crippen LogP contribution in [0.2, 0.25) is 0 Å². The highest BCUT2D eigenvalue weighted by molar-refractivity contribution is 7.28. The molecule has 70 valence electrons. The van der Waals surface area contributed by atoms with Crippen LogP contribution in [0.25, 0.3) is 5.57 Å². The van der Waals surface area contributed by atoms with Crippen LogP contribution in [-0.4, -0.2) is 7.05 Å². The Morgan fingerprint density at radius 1 is 1.54 bits per heavy atom. The van der Waals surface area contributed by atoms with Crippen LogP contribution in [0.15, 0.2) is 24.8 Å². The van der Waals surface area contributed by atoms with E-state index in [0.717, 1.165) is 22.1 Å². The highest BCUT2D eigenvalue weighted by atomic mass is 31.0. The van der Waals surface area contributed by atoms with E-state index in [1.807, 2.05) is 32.2 Å². The largest absolute Gasteiger partial charge is 0.313 e. The Morgan fingerprint density at radius 3 is 2.62 bits per heavy atom. The second-order valence-corrected chi connectivity index (χ2v) is 3.71. The summed E-state index contributed by atoms with van der Waals surface area (Å²) in [6.07, 6.45) is 0. The van der Waals surface area contributed by atoms with Crippen molar-refractivity contribution in [3.63, 3.8) is 0 Å². The number of hydrazine groups is 1. The number of allylic oxidation sites excluding steroid dienone is 1. The number of nitrogens with zero attached hydrogens (tertiary/aromatic N) is 1. The van der Waals surface area contributed by atoms with E-state index in [-0.39, 0.29) is 0 Å². The maximum atomic E-state index is 5.67. The van der Waals surface area contributed by atoms with E-state index in [0.29, 0.717) is 0 Å². The molecule has 13 heavy (non-hydrogen) atoms. The van der Waals surface area contributed by atoms with Gasteiger partial charge in [-0.1, -0.05) is 24.3 Å². The fourth-order valence-corrected chi connectivity index (χ4v) is 1.88. The maximum Gasteiger partial charge on any atom is 0.0591 e. The molecule has 0 aliphatic carbocycles. The number of hydrogen-bond donors (Lipinski definition) is 1. The van der Waals surface area contributed by atoms with Crippen molar-refractivity contribution in [1.82, 2.24) is 0 Å². The summed E-state index contributed by atoms with van der Waals surface area (Å²) < 4.78 is 0. The molecule has 0 bridgehead atoms. The van der Waals surface area contributed by atoms with Crippen LogP contribution in [0, 0.1) is 0 Å². The van der Waals surface area contributed by atoms with E-state index in [9.17, 15) is 0 Å². The van der Waals surface area contributed by atoms with Gasteiger partial charge in [0.15, 0.2) is 0 Å². The van der Waals surface area contributed by atoms with Crippen LogP contribution in [0.4, 0.5) is 5.69 Å². The highest BCUT2D eigenvalue weighted by Gasteiger charge is 2.05. The second-order valence-electron chi connectivity index (χ2n) is 3.13. The van der Waals surface area contributed by atoms with Gasteiger partial charge in [-0.3, -0.25) is 0 Å². The molecule has 0 fully saturated rings. The Hall–Kier alpha value is -0.850. The standard InChI is InChI=1S/C10H15N2P/c1-7(2)8-5-4-6-9(10(8)13)12(3)11/h4-6H,1,11,13H2,2-3H3. The van der Waals surface area contributed by atoms with Gasteiger partial charge >= 0.3 is 0 Å². The molecule has 1 rings (SSSR count). The minimum atomic E-state index is 1.01. The van der Waals surface area contributed by atoms with Crippen molar-refractivity contribution in [2.75, 3.05) is 12.1 Å². The number of hydrogen-bond acceptors (Lipinski definition) is 2. The Balaban J connectivity index is 3.26. The molecular formula is C10H15N2P. The first-order chi connectivity index (χ1) is 6.04. The number of rotatable bonds is 2. The van der Waals surface area contributed by atoms with Crippen molar-refractivity contribution >= 4 is 25.8 Å².